The van der Waals surface area contributed by atoms with Crippen molar-refractivity contribution in [3.8, 4) is 0 Å². The smallest absolute Gasteiger partial charge is 0.0636 e. The predicted molar refractivity (Wildman–Crippen MR) is 25.8 cm³/mol. The van der Waals surface area contributed by atoms with Gasteiger partial charge in [0.1, 0.15) is 0 Å². The molecule has 0 aromatic heterocycles. The van der Waals surface area contributed by atoms with Crippen LogP contribution in [0.1, 0.15) is 6.42 Å². The summed E-state index contributed by atoms with van der Waals surface area (Å²) in [6.45, 7) is 0.764. The lowest BCUT2D eigenvalue weighted by atomic mass is 10.3. The second kappa shape index (κ2) is 1.75. The van der Waals surface area contributed by atoms with Gasteiger partial charge in [0.2, 0.25) is 0 Å². The Morgan fingerprint density at radius 2 is 2.67 bits per heavy atom. The highest BCUT2D eigenvalue weighted by atomic mass is 14.7. The zero-order valence-electron chi connectivity index (χ0n) is 3.52. The number of rotatable bonds is 0. The number of allylic oxidation sites excluding steroid dienone is 1. The summed E-state index contributed by atoms with van der Waals surface area (Å²) >= 11 is 0. The van der Waals surface area contributed by atoms with E-state index in [0.29, 0.717) is 0 Å². The average molecular weight is 80.1 g/mol. The van der Waals surface area contributed by atoms with Gasteiger partial charge in [0.25, 0.3) is 0 Å². The molecule has 0 unspecified atom stereocenters. The van der Waals surface area contributed by atoms with Crippen molar-refractivity contribution in [3.63, 3.8) is 0 Å². The van der Waals surface area contributed by atoms with Gasteiger partial charge in [0, 0.05) is 12.6 Å². The molecular formula is C5H6N. The predicted octanol–water partition coefficient (Wildman–Crippen LogP) is 0.820. The number of dihydropyridines is 1. The minimum absolute atomic E-state index is 0.764. The molecule has 31 valence electrons. The average Bonchev–Trinajstić information content (AvgIpc) is 1.72. The fourth-order valence-corrected chi connectivity index (χ4v) is 0.392. The molecule has 0 amide bonds. The normalized spacial score (nSPS) is 18.7. The Morgan fingerprint density at radius 3 is 2.83 bits per heavy atom. The Labute approximate surface area is 37.4 Å². The first-order chi connectivity index (χ1) is 3.00. The fourth-order valence-electron chi connectivity index (χ4n) is 0.392. The summed E-state index contributed by atoms with van der Waals surface area (Å²) in [4.78, 5) is 3.91. The van der Waals surface area contributed by atoms with Gasteiger partial charge in [0.15, 0.2) is 0 Å². The van der Waals surface area contributed by atoms with Gasteiger partial charge < -0.3 is 0 Å². The molecule has 1 rings (SSSR count). The van der Waals surface area contributed by atoms with E-state index in [1.54, 1.807) is 0 Å². The molecule has 1 aliphatic heterocycles. The number of aliphatic imine (C=N–C) groups is 1. The quantitative estimate of drug-likeness (QED) is 0.408. The molecule has 0 fully saturated rings. The largest absolute Gasteiger partial charge is 0.292 e. The van der Waals surface area contributed by atoms with E-state index in [-0.39, 0.29) is 0 Å². The molecule has 1 heteroatoms. The molecule has 0 aromatic carbocycles. The Bertz CT molecular complexity index is 61.9. The van der Waals surface area contributed by atoms with Crippen molar-refractivity contribution in [1.29, 1.82) is 0 Å². The first-order valence-electron chi connectivity index (χ1n) is 2.03. The third-order valence-electron chi connectivity index (χ3n) is 0.679. The van der Waals surface area contributed by atoms with Crippen molar-refractivity contribution in [1.82, 2.24) is 0 Å². The van der Waals surface area contributed by atoms with Crippen LogP contribution in [0.25, 0.3) is 0 Å². The minimum Gasteiger partial charge on any atom is -0.292 e. The molecule has 0 atom stereocenters. The fraction of sp³-hybridized carbons (Fsp3) is 0.400. The number of nitrogens with zero attached hydrogens (tertiary/aromatic N) is 1. The maximum atomic E-state index is 3.91. The SMILES string of the molecule is [C]1=CCC=NC1. The van der Waals surface area contributed by atoms with Crippen LogP contribution < -0.4 is 0 Å². The van der Waals surface area contributed by atoms with Gasteiger partial charge in [-0.1, -0.05) is 6.08 Å². The van der Waals surface area contributed by atoms with Crippen LogP contribution in [-0.4, -0.2) is 12.8 Å². The van der Waals surface area contributed by atoms with Gasteiger partial charge in [0.05, 0.1) is 6.54 Å². The van der Waals surface area contributed by atoms with E-state index in [2.05, 4.69) is 11.1 Å². The van der Waals surface area contributed by atoms with Crippen LogP contribution in [0.5, 0.6) is 0 Å². The molecule has 1 nitrogen and oxygen atoms in total. The van der Waals surface area contributed by atoms with Crippen molar-refractivity contribution in [3.05, 3.63) is 12.2 Å². The first-order valence-corrected chi connectivity index (χ1v) is 2.03. The third kappa shape index (κ3) is 0.677. The molecule has 0 saturated heterocycles. The first kappa shape index (κ1) is 3.59. The molecule has 0 aromatic rings. The summed E-state index contributed by atoms with van der Waals surface area (Å²) in [5.74, 6) is 0. The highest BCUT2D eigenvalue weighted by Crippen LogP contribution is 1.84. The van der Waals surface area contributed by atoms with Gasteiger partial charge in [-0.15, -0.1) is 0 Å². The zero-order valence-corrected chi connectivity index (χ0v) is 3.52. The van der Waals surface area contributed by atoms with Crippen LogP contribution in [0.4, 0.5) is 0 Å². The van der Waals surface area contributed by atoms with Crippen LogP contribution >= 0.6 is 0 Å². The Balaban J connectivity index is 2.40. The molecular weight excluding hydrogens is 74.1 g/mol. The zero-order chi connectivity index (χ0) is 4.24. The van der Waals surface area contributed by atoms with Crippen molar-refractivity contribution in [2.75, 3.05) is 6.54 Å². The van der Waals surface area contributed by atoms with Crippen LogP contribution in [0.3, 0.4) is 0 Å². The van der Waals surface area contributed by atoms with E-state index in [9.17, 15) is 0 Å². The molecule has 0 saturated carbocycles. The van der Waals surface area contributed by atoms with Crippen molar-refractivity contribution in [2.24, 2.45) is 4.99 Å². The van der Waals surface area contributed by atoms with E-state index < -0.39 is 0 Å². The van der Waals surface area contributed by atoms with E-state index in [4.69, 9.17) is 0 Å². The molecule has 0 spiro atoms. The van der Waals surface area contributed by atoms with Crippen molar-refractivity contribution >= 4 is 6.21 Å². The van der Waals surface area contributed by atoms with Crippen LogP contribution in [0.2, 0.25) is 0 Å². The van der Waals surface area contributed by atoms with Crippen LogP contribution in [-0.2, 0) is 0 Å². The van der Waals surface area contributed by atoms with E-state index in [0.717, 1.165) is 13.0 Å². The van der Waals surface area contributed by atoms with Crippen LogP contribution in [0, 0.1) is 6.08 Å². The monoisotopic (exact) mass is 80.1 g/mol. The van der Waals surface area contributed by atoms with Crippen molar-refractivity contribution < 1.29 is 0 Å². The summed E-state index contributed by atoms with van der Waals surface area (Å²) < 4.78 is 0. The summed E-state index contributed by atoms with van der Waals surface area (Å²) in [5, 5.41) is 0. The van der Waals surface area contributed by atoms with E-state index in [1.807, 2.05) is 12.3 Å². The van der Waals surface area contributed by atoms with Gasteiger partial charge >= 0.3 is 0 Å². The maximum absolute atomic E-state index is 3.91. The summed E-state index contributed by atoms with van der Waals surface area (Å²) in [6, 6.07) is 0. The van der Waals surface area contributed by atoms with Gasteiger partial charge in [-0.2, -0.15) is 0 Å². The van der Waals surface area contributed by atoms with E-state index in [1.165, 1.54) is 0 Å². The van der Waals surface area contributed by atoms with Gasteiger partial charge in [-0.05, 0) is 6.08 Å². The third-order valence-corrected chi connectivity index (χ3v) is 0.679. The highest BCUT2D eigenvalue weighted by Gasteiger charge is 1.77. The Hall–Kier alpha value is -0.590. The van der Waals surface area contributed by atoms with Gasteiger partial charge in [-0.25, -0.2) is 0 Å². The molecule has 1 radical (unpaired) electrons. The lowest BCUT2D eigenvalue weighted by Crippen LogP contribution is -1.81. The summed E-state index contributed by atoms with van der Waals surface area (Å²) in [7, 11) is 0. The number of hydrogen-bond donors (Lipinski definition) is 0. The van der Waals surface area contributed by atoms with Gasteiger partial charge in [-0.3, -0.25) is 4.99 Å². The lowest BCUT2D eigenvalue weighted by molar-refractivity contribution is 1.16. The second-order valence-corrected chi connectivity index (χ2v) is 1.17. The Kier molecular flexibility index (Phi) is 1.05. The molecule has 6 heavy (non-hydrogen) atoms. The Morgan fingerprint density at radius 1 is 1.67 bits per heavy atom. The molecule has 1 heterocycles. The standard InChI is InChI=1S/C5H6N/c1-2-4-6-5-3-1/h1,4H,2,5H2. The molecule has 0 N–H and O–H groups in total. The molecule has 0 aliphatic carbocycles. The van der Waals surface area contributed by atoms with Crippen molar-refractivity contribution in [2.45, 2.75) is 6.42 Å². The minimum atomic E-state index is 0.764. The molecule has 1 aliphatic rings. The topological polar surface area (TPSA) is 12.4 Å². The highest BCUT2D eigenvalue weighted by molar-refractivity contribution is 5.60. The lowest BCUT2D eigenvalue weighted by Gasteiger charge is -1.86. The van der Waals surface area contributed by atoms with Crippen LogP contribution in [0.15, 0.2) is 11.1 Å². The molecule has 0 bridgehead atoms. The van der Waals surface area contributed by atoms with E-state index >= 15 is 0 Å². The summed E-state index contributed by atoms with van der Waals surface area (Å²) in [5.41, 5.74) is 0. The second-order valence-electron chi connectivity index (χ2n) is 1.17. The number of hydrogen-bond acceptors (Lipinski definition) is 1. The maximum Gasteiger partial charge on any atom is 0.0636 e. The summed E-state index contributed by atoms with van der Waals surface area (Å²) in [6.07, 6.45) is 7.83.